The zero-order valence-corrected chi connectivity index (χ0v) is 8.73. The van der Waals surface area contributed by atoms with Crippen LogP contribution in [0.2, 0.25) is 0 Å². The number of halogens is 3. The molecule has 1 atom stereocenters. The molecule has 0 aliphatic rings. The van der Waals surface area contributed by atoms with Crippen LogP contribution in [-0.4, -0.2) is 18.2 Å². The standard InChI is InChI=1S/C9H15F3O2/c1-5-6(9(10,11)12)14-7(13)8(2,3)4/h6H,5H2,1-4H3. The minimum absolute atomic E-state index is 0.259. The molecule has 5 heteroatoms. The number of alkyl halides is 3. The summed E-state index contributed by atoms with van der Waals surface area (Å²) < 4.78 is 40.9. The summed E-state index contributed by atoms with van der Waals surface area (Å²) in [5, 5.41) is 0. The first-order valence-electron chi connectivity index (χ1n) is 4.36. The largest absolute Gasteiger partial charge is 0.452 e. The highest BCUT2D eigenvalue weighted by Crippen LogP contribution is 2.27. The van der Waals surface area contributed by atoms with E-state index in [-0.39, 0.29) is 6.42 Å². The lowest BCUT2D eigenvalue weighted by atomic mass is 9.97. The summed E-state index contributed by atoms with van der Waals surface area (Å²) in [6.07, 6.45) is -6.73. The fourth-order valence-electron chi connectivity index (χ4n) is 0.688. The van der Waals surface area contributed by atoms with Crippen LogP contribution in [0.4, 0.5) is 13.2 Å². The van der Waals surface area contributed by atoms with Crippen molar-refractivity contribution in [2.24, 2.45) is 5.41 Å². The van der Waals surface area contributed by atoms with Gasteiger partial charge in [-0.2, -0.15) is 13.2 Å². The van der Waals surface area contributed by atoms with Crippen LogP contribution in [0.3, 0.4) is 0 Å². The Kier molecular flexibility index (Phi) is 3.97. The molecule has 0 aromatic rings. The van der Waals surface area contributed by atoms with Crippen molar-refractivity contribution < 1.29 is 22.7 Å². The smallest absolute Gasteiger partial charge is 0.425 e. The Hall–Kier alpha value is -0.740. The summed E-state index contributed by atoms with van der Waals surface area (Å²) in [7, 11) is 0. The molecule has 0 amide bonds. The molecule has 0 saturated heterocycles. The maximum absolute atomic E-state index is 12.2. The van der Waals surface area contributed by atoms with E-state index in [0.29, 0.717) is 0 Å². The second-order valence-corrected chi connectivity index (χ2v) is 4.09. The summed E-state index contributed by atoms with van der Waals surface area (Å²) in [6, 6.07) is 0. The van der Waals surface area contributed by atoms with Crippen molar-refractivity contribution in [2.75, 3.05) is 0 Å². The number of carbonyl (C=O) groups excluding carboxylic acids is 1. The lowest BCUT2D eigenvalue weighted by Crippen LogP contribution is -2.36. The minimum Gasteiger partial charge on any atom is -0.452 e. The van der Waals surface area contributed by atoms with Gasteiger partial charge in [0.25, 0.3) is 0 Å². The third-order valence-corrected chi connectivity index (χ3v) is 1.60. The quantitative estimate of drug-likeness (QED) is 0.658. The Morgan fingerprint density at radius 2 is 1.71 bits per heavy atom. The highest BCUT2D eigenvalue weighted by Gasteiger charge is 2.42. The Morgan fingerprint density at radius 1 is 1.29 bits per heavy atom. The zero-order chi connectivity index (χ0) is 11.6. The molecule has 14 heavy (non-hydrogen) atoms. The Bertz CT molecular complexity index is 203. The molecule has 0 aliphatic carbocycles. The normalized spacial score (nSPS) is 15.1. The first kappa shape index (κ1) is 13.3. The molecule has 0 N–H and O–H groups in total. The number of rotatable bonds is 2. The predicted octanol–water partition coefficient (Wildman–Crippen LogP) is 2.92. The van der Waals surface area contributed by atoms with Crippen molar-refractivity contribution in [3.8, 4) is 0 Å². The summed E-state index contributed by atoms with van der Waals surface area (Å²) in [5.74, 6) is -0.832. The second kappa shape index (κ2) is 4.19. The van der Waals surface area contributed by atoms with Crippen LogP contribution in [-0.2, 0) is 9.53 Å². The Morgan fingerprint density at radius 3 is 1.93 bits per heavy atom. The van der Waals surface area contributed by atoms with E-state index in [1.54, 1.807) is 0 Å². The van der Waals surface area contributed by atoms with Crippen molar-refractivity contribution in [1.82, 2.24) is 0 Å². The van der Waals surface area contributed by atoms with E-state index in [1.807, 2.05) is 0 Å². The molecular formula is C9H15F3O2. The third kappa shape index (κ3) is 3.98. The fourth-order valence-corrected chi connectivity index (χ4v) is 0.688. The van der Waals surface area contributed by atoms with Gasteiger partial charge in [-0.1, -0.05) is 6.92 Å². The lowest BCUT2D eigenvalue weighted by Gasteiger charge is -2.23. The molecule has 0 aliphatic heterocycles. The van der Waals surface area contributed by atoms with Crippen LogP contribution in [0, 0.1) is 5.41 Å². The van der Waals surface area contributed by atoms with Crippen LogP contribution in [0.5, 0.6) is 0 Å². The van der Waals surface area contributed by atoms with Crippen molar-refractivity contribution in [3.63, 3.8) is 0 Å². The number of hydrogen-bond acceptors (Lipinski definition) is 2. The van der Waals surface area contributed by atoms with E-state index in [9.17, 15) is 18.0 Å². The predicted molar refractivity (Wildman–Crippen MR) is 45.7 cm³/mol. The highest BCUT2D eigenvalue weighted by molar-refractivity contribution is 5.75. The minimum atomic E-state index is -4.48. The van der Waals surface area contributed by atoms with E-state index >= 15 is 0 Å². The molecule has 0 bridgehead atoms. The van der Waals surface area contributed by atoms with Crippen molar-refractivity contribution in [3.05, 3.63) is 0 Å². The van der Waals surface area contributed by atoms with Gasteiger partial charge in [0.05, 0.1) is 5.41 Å². The van der Waals surface area contributed by atoms with E-state index < -0.39 is 23.7 Å². The summed E-state index contributed by atoms with van der Waals surface area (Å²) in [5.41, 5.74) is -0.904. The maximum Gasteiger partial charge on any atom is 0.425 e. The molecule has 1 unspecified atom stereocenters. The van der Waals surface area contributed by atoms with Gasteiger partial charge in [0.1, 0.15) is 0 Å². The fraction of sp³-hybridized carbons (Fsp3) is 0.889. The third-order valence-electron chi connectivity index (χ3n) is 1.60. The molecule has 0 radical (unpaired) electrons. The molecule has 0 heterocycles. The summed E-state index contributed by atoms with van der Waals surface area (Å²) in [6.45, 7) is 5.86. The Balaban J connectivity index is 4.43. The second-order valence-electron chi connectivity index (χ2n) is 4.09. The molecule has 0 rings (SSSR count). The van der Waals surface area contributed by atoms with Gasteiger partial charge in [-0.3, -0.25) is 4.79 Å². The van der Waals surface area contributed by atoms with E-state index in [1.165, 1.54) is 27.7 Å². The van der Waals surface area contributed by atoms with E-state index in [2.05, 4.69) is 4.74 Å². The van der Waals surface area contributed by atoms with Gasteiger partial charge in [0, 0.05) is 0 Å². The van der Waals surface area contributed by atoms with Crippen molar-refractivity contribution in [2.45, 2.75) is 46.4 Å². The van der Waals surface area contributed by atoms with Gasteiger partial charge < -0.3 is 4.74 Å². The van der Waals surface area contributed by atoms with E-state index in [0.717, 1.165) is 0 Å². The molecule has 0 aromatic heterocycles. The molecule has 84 valence electrons. The number of esters is 1. The van der Waals surface area contributed by atoms with Gasteiger partial charge in [0.2, 0.25) is 0 Å². The molecule has 0 fully saturated rings. The number of hydrogen-bond donors (Lipinski definition) is 0. The number of ether oxygens (including phenoxy) is 1. The molecule has 0 aromatic carbocycles. The van der Waals surface area contributed by atoms with Crippen LogP contribution < -0.4 is 0 Å². The zero-order valence-electron chi connectivity index (χ0n) is 8.73. The van der Waals surface area contributed by atoms with Crippen molar-refractivity contribution in [1.29, 1.82) is 0 Å². The van der Waals surface area contributed by atoms with Gasteiger partial charge in [0.15, 0.2) is 6.10 Å². The van der Waals surface area contributed by atoms with Crippen molar-refractivity contribution >= 4 is 5.97 Å². The van der Waals surface area contributed by atoms with E-state index in [4.69, 9.17) is 0 Å². The maximum atomic E-state index is 12.2. The van der Waals surface area contributed by atoms with Gasteiger partial charge in [-0.25, -0.2) is 0 Å². The SMILES string of the molecule is CCC(OC(=O)C(C)(C)C)C(F)(F)F. The van der Waals surface area contributed by atoms with Crippen LogP contribution in [0.1, 0.15) is 34.1 Å². The summed E-state index contributed by atoms with van der Waals surface area (Å²) in [4.78, 5) is 11.2. The topological polar surface area (TPSA) is 26.3 Å². The monoisotopic (exact) mass is 212 g/mol. The van der Waals surface area contributed by atoms with Gasteiger partial charge in [-0.05, 0) is 27.2 Å². The molecule has 0 spiro atoms. The first-order chi connectivity index (χ1) is 6.09. The van der Waals surface area contributed by atoms with Crippen LogP contribution >= 0.6 is 0 Å². The molecule has 2 nitrogen and oxygen atoms in total. The molecule has 0 saturated carbocycles. The van der Waals surface area contributed by atoms with Gasteiger partial charge in [-0.15, -0.1) is 0 Å². The van der Waals surface area contributed by atoms with Crippen LogP contribution in [0.25, 0.3) is 0 Å². The Labute approximate surface area is 81.4 Å². The molecular weight excluding hydrogens is 197 g/mol. The average molecular weight is 212 g/mol. The lowest BCUT2D eigenvalue weighted by molar-refractivity contribution is -0.225. The average Bonchev–Trinajstić information content (AvgIpc) is 1.95. The van der Waals surface area contributed by atoms with Crippen LogP contribution in [0.15, 0.2) is 0 Å². The first-order valence-corrected chi connectivity index (χ1v) is 4.36. The summed E-state index contributed by atoms with van der Waals surface area (Å²) >= 11 is 0. The highest BCUT2D eigenvalue weighted by atomic mass is 19.4. The number of carbonyl (C=O) groups is 1. The van der Waals surface area contributed by atoms with Gasteiger partial charge >= 0.3 is 12.1 Å².